The van der Waals surface area contributed by atoms with Crippen LogP contribution in [0.1, 0.15) is 17.4 Å². The molecular formula is C17H14ClNO2. The Labute approximate surface area is 127 Å². The smallest absolute Gasteiger partial charge is 0.355 e. The van der Waals surface area contributed by atoms with E-state index in [2.05, 4.69) is 4.98 Å². The SMILES string of the molecule is CCOC(=O)c1[nH]c(-c2ccccc2)c2cc(Cl)ccc12. The Morgan fingerprint density at radius 2 is 1.90 bits per heavy atom. The topological polar surface area (TPSA) is 42.1 Å². The van der Waals surface area contributed by atoms with Crippen molar-refractivity contribution in [3.8, 4) is 11.3 Å². The van der Waals surface area contributed by atoms with E-state index in [1.54, 1.807) is 13.0 Å². The van der Waals surface area contributed by atoms with Crippen LogP contribution in [0, 0.1) is 0 Å². The third kappa shape index (κ3) is 2.52. The number of nitrogens with one attached hydrogen (secondary N) is 1. The molecule has 1 aromatic heterocycles. The van der Waals surface area contributed by atoms with Gasteiger partial charge < -0.3 is 9.72 Å². The van der Waals surface area contributed by atoms with Gasteiger partial charge in [0.05, 0.1) is 12.3 Å². The van der Waals surface area contributed by atoms with Crippen molar-refractivity contribution in [1.82, 2.24) is 4.98 Å². The maximum absolute atomic E-state index is 12.1. The molecule has 4 heteroatoms. The van der Waals surface area contributed by atoms with Crippen LogP contribution in [0.3, 0.4) is 0 Å². The lowest BCUT2D eigenvalue weighted by atomic mass is 10.1. The van der Waals surface area contributed by atoms with E-state index in [-0.39, 0.29) is 5.97 Å². The molecule has 106 valence electrons. The average Bonchev–Trinajstić information content (AvgIpc) is 2.87. The molecular weight excluding hydrogens is 286 g/mol. The molecule has 0 atom stereocenters. The van der Waals surface area contributed by atoms with Crippen LogP contribution >= 0.6 is 11.6 Å². The minimum Gasteiger partial charge on any atom is -0.461 e. The minimum absolute atomic E-state index is 0.341. The number of carbonyl (C=O) groups is 1. The number of H-pyrrole nitrogens is 1. The third-order valence-electron chi connectivity index (χ3n) is 3.31. The van der Waals surface area contributed by atoms with E-state index in [9.17, 15) is 4.79 Å². The molecule has 1 heterocycles. The second-order valence-corrected chi connectivity index (χ2v) is 5.09. The van der Waals surface area contributed by atoms with Gasteiger partial charge in [0, 0.05) is 15.8 Å². The molecule has 0 radical (unpaired) electrons. The Morgan fingerprint density at radius 3 is 2.62 bits per heavy atom. The molecule has 0 spiro atoms. The van der Waals surface area contributed by atoms with Gasteiger partial charge in [0.2, 0.25) is 0 Å². The number of hydrogen-bond donors (Lipinski definition) is 1. The molecule has 0 bridgehead atoms. The van der Waals surface area contributed by atoms with Gasteiger partial charge in [-0.25, -0.2) is 4.79 Å². The highest BCUT2D eigenvalue weighted by molar-refractivity contribution is 6.31. The highest BCUT2D eigenvalue weighted by atomic mass is 35.5. The minimum atomic E-state index is -0.355. The molecule has 1 N–H and O–H groups in total. The first-order valence-electron chi connectivity index (χ1n) is 6.74. The summed E-state index contributed by atoms with van der Waals surface area (Å²) in [5.41, 5.74) is 2.33. The maximum Gasteiger partial charge on any atom is 0.355 e. The molecule has 0 aliphatic rings. The Morgan fingerprint density at radius 1 is 1.14 bits per heavy atom. The summed E-state index contributed by atoms with van der Waals surface area (Å²) in [5, 5.41) is 2.36. The largest absolute Gasteiger partial charge is 0.461 e. The normalized spacial score (nSPS) is 10.8. The zero-order valence-electron chi connectivity index (χ0n) is 11.5. The first kappa shape index (κ1) is 13.7. The standard InChI is InChI=1S/C17H14ClNO2/c1-2-21-17(20)16-13-9-8-12(18)10-14(13)15(19-16)11-6-4-3-5-7-11/h3-10,19H,2H2,1H3. The average molecular weight is 300 g/mol. The quantitative estimate of drug-likeness (QED) is 0.714. The van der Waals surface area contributed by atoms with Crippen molar-refractivity contribution in [2.24, 2.45) is 0 Å². The maximum atomic E-state index is 12.1. The molecule has 0 saturated carbocycles. The number of fused-ring (bicyclic) bond motifs is 1. The predicted molar refractivity (Wildman–Crippen MR) is 84.7 cm³/mol. The monoisotopic (exact) mass is 299 g/mol. The number of hydrogen-bond acceptors (Lipinski definition) is 2. The molecule has 0 amide bonds. The molecule has 0 fully saturated rings. The van der Waals surface area contributed by atoms with Gasteiger partial charge in [-0.05, 0) is 24.6 Å². The zero-order chi connectivity index (χ0) is 14.8. The Balaban J connectivity index is 2.25. The van der Waals surface area contributed by atoms with Gasteiger partial charge in [-0.3, -0.25) is 0 Å². The van der Waals surface area contributed by atoms with E-state index < -0.39 is 0 Å². The molecule has 0 aliphatic carbocycles. The summed E-state index contributed by atoms with van der Waals surface area (Å²) in [6, 6.07) is 15.3. The summed E-state index contributed by atoms with van der Waals surface area (Å²) in [4.78, 5) is 15.3. The first-order chi connectivity index (χ1) is 10.2. The van der Waals surface area contributed by atoms with Gasteiger partial charge in [0.1, 0.15) is 5.69 Å². The van der Waals surface area contributed by atoms with Crippen LogP contribution in [0.25, 0.3) is 22.0 Å². The number of rotatable bonds is 3. The lowest BCUT2D eigenvalue weighted by molar-refractivity contribution is 0.0522. The molecule has 0 aliphatic heterocycles. The zero-order valence-corrected chi connectivity index (χ0v) is 12.3. The molecule has 0 saturated heterocycles. The summed E-state index contributed by atoms with van der Waals surface area (Å²) in [6.07, 6.45) is 0. The fraction of sp³-hybridized carbons (Fsp3) is 0.118. The van der Waals surface area contributed by atoms with E-state index in [4.69, 9.17) is 16.3 Å². The van der Waals surface area contributed by atoms with E-state index >= 15 is 0 Å². The van der Waals surface area contributed by atoms with Crippen LogP contribution in [0.15, 0.2) is 48.5 Å². The van der Waals surface area contributed by atoms with E-state index in [1.165, 1.54) is 0 Å². The Hall–Kier alpha value is -2.26. The number of carbonyl (C=O) groups excluding carboxylic acids is 1. The van der Waals surface area contributed by atoms with Crippen LogP contribution in [-0.2, 0) is 4.74 Å². The summed E-state index contributed by atoms with van der Waals surface area (Å²) in [7, 11) is 0. The third-order valence-corrected chi connectivity index (χ3v) is 3.55. The van der Waals surface area contributed by atoms with Crippen molar-refractivity contribution < 1.29 is 9.53 Å². The van der Waals surface area contributed by atoms with Gasteiger partial charge in [-0.1, -0.05) is 48.0 Å². The Bertz CT molecular complexity index is 793. The van der Waals surface area contributed by atoms with E-state index in [0.717, 1.165) is 22.0 Å². The second kappa shape index (κ2) is 5.62. The van der Waals surface area contributed by atoms with Crippen molar-refractivity contribution in [2.45, 2.75) is 6.92 Å². The van der Waals surface area contributed by atoms with Gasteiger partial charge >= 0.3 is 5.97 Å². The van der Waals surface area contributed by atoms with Crippen molar-refractivity contribution >= 4 is 28.3 Å². The summed E-state index contributed by atoms with van der Waals surface area (Å²) in [6.45, 7) is 2.13. The van der Waals surface area contributed by atoms with E-state index in [1.807, 2.05) is 42.5 Å². The van der Waals surface area contributed by atoms with Crippen LogP contribution < -0.4 is 0 Å². The predicted octanol–water partition coefficient (Wildman–Crippen LogP) is 4.67. The molecule has 0 unspecified atom stereocenters. The highest BCUT2D eigenvalue weighted by Crippen LogP contribution is 2.32. The molecule has 2 aromatic carbocycles. The Kier molecular flexibility index (Phi) is 3.67. The lowest BCUT2D eigenvalue weighted by Gasteiger charge is -1.99. The van der Waals surface area contributed by atoms with Crippen LogP contribution in [-0.4, -0.2) is 17.6 Å². The van der Waals surface area contributed by atoms with Crippen molar-refractivity contribution in [3.05, 3.63) is 59.2 Å². The number of aromatic nitrogens is 1. The molecule has 3 nitrogen and oxygen atoms in total. The number of halogens is 1. The van der Waals surface area contributed by atoms with Gasteiger partial charge in [0.15, 0.2) is 0 Å². The number of aromatic amines is 1. The highest BCUT2D eigenvalue weighted by Gasteiger charge is 2.18. The van der Waals surface area contributed by atoms with Gasteiger partial charge in [-0.2, -0.15) is 0 Å². The summed E-state index contributed by atoms with van der Waals surface area (Å²) in [5.74, 6) is -0.355. The molecule has 21 heavy (non-hydrogen) atoms. The fourth-order valence-corrected chi connectivity index (χ4v) is 2.57. The van der Waals surface area contributed by atoms with Crippen LogP contribution in [0.2, 0.25) is 5.02 Å². The van der Waals surface area contributed by atoms with Crippen LogP contribution in [0.5, 0.6) is 0 Å². The van der Waals surface area contributed by atoms with E-state index in [0.29, 0.717) is 17.3 Å². The molecule has 3 aromatic rings. The number of ether oxygens (including phenoxy) is 1. The first-order valence-corrected chi connectivity index (χ1v) is 7.12. The van der Waals surface area contributed by atoms with Gasteiger partial charge in [0.25, 0.3) is 0 Å². The van der Waals surface area contributed by atoms with Crippen molar-refractivity contribution in [3.63, 3.8) is 0 Å². The molecule has 3 rings (SSSR count). The summed E-state index contributed by atoms with van der Waals surface area (Å²) < 4.78 is 5.11. The van der Waals surface area contributed by atoms with Crippen molar-refractivity contribution in [1.29, 1.82) is 0 Å². The number of benzene rings is 2. The lowest BCUT2D eigenvalue weighted by Crippen LogP contribution is -2.05. The van der Waals surface area contributed by atoms with Crippen LogP contribution in [0.4, 0.5) is 0 Å². The van der Waals surface area contributed by atoms with Gasteiger partial charge in [-0.15, -0.1) is 0 Å². The summed E-state index contributed by atoms with van der Waals surface area (Å²) >= 11 is 6.10. The second-order valence-electron chi connectivity index (χ2n) is 4.65. The fourth-order valence-electron chi connectivity index (χ4n) is 2.40. The number of esters is 1. The van der Waals surface area contributed by atoms with Crippen molar-refractivity contribution in [2.75, 3.05) is 6.61 Å².